The van der Waals surface area contributed by atoms with Crippen LogP contribution in [0.5, 0.6) is 0 Å². The fraction of sp³-hybridized carbons (Fsp3) is 0.360. The number of hydrogen-bond acceptors (Lipinski definition) is 4. The number of rotatable bonds is 4. The van der Waals surface area contributed by atoms with Crippen molar-refractivity contribution in [2.24, 2.45) is 0 Å². The highest BCUT2D eigenvalue weighted by Gasteiger charge is 2.27. The smallest absolute Gasteiger partial charge is 0.253 e. The van der Waals surface area contributed by atoms with Crippen molar-refractivity contribution in [2.45, 2.75) is 32.6 Å². The van der Waals surface area contributed by atoms with E-state index in [0.29, 0.717) is 5.92 Å². The van der Waals surface area contributed by atoms with Crippen LogP contribution in [-0.4, -0.2) is 42.0 Å². The van der Waals surface area contributed by atoms with Gasteiger partial charge in [0.15, 0.2) is 0 Å². The molecule has 2 aliphatic rings. The zero-order valence-electron chi connectivity index (χ0n) is 17.6. The van der Waals surface area contributed by atoms with Crippen molar-refractivity contribution in [3.8, 4) is 11.3 Å². The predicted octanol–water partition coefficient (Wildman–Crippen LogP) is 5.27. The van der Waals surface area contributed by atoms with Gasteiger partial charge in [0.1, 0.15) is 0 Å². The van der Waals surface area contributed by atoms with E-state index in [9.17, 15) is 4.79 Å². The Labute approximate surface area is 182 Å². The maximum absolute atomic E-state index is 13.0. The lowest BCUT2D eigenvalue weighted by Crippen LogP contribution is -2.49. The fourth-order valence-electron chi connectivity index (χ4n) is 4.21. The van der Waals surface area contributed by atoms with E-state index in [2.05, 4.69) is 42.3 Å². The summed E-state index contributed by atoms with van der Waals surface area (Å²) in [6.07, 6.45) is 2.55. The third kappa shape index (κ3) is 3.86. The molecule has 0 bridgehead atoms. The molecule has 4 nitrogen and oxygen atoms in total. The highest BCUT2D eigenvalue weighted by atomic mass is 32.1. The third-order valence-electron chi connectivity index (χ3n) is 6.14. The van der Waals surface area contributed by atoms with Crippen LogP contribution >= 0.6 is 11.3 Å². The number of hydrogen-bond donors (Lipinski definition) is 0. The number of anilines is 1. The van der Waals surface area contributed by atoms with Gasteiger partial charge in [-0.3, -0.25) is 4.79 Å². The molecule has 0 unspecified atom stereocenters. The van der Waals surface area contributed by atoms with Gasteiger partial charge in [-0.2, -0.15) is 0 Å². The normalized spacial score (nSPS) is 16.7. The molecular formula is C25H27N3OS. The molecule has 1 aromatic heterocycles. The summed E-state index contributed by atoms with van der Waals surface area (Å²) in [5, 5.41) is 3.39. The summed E-state index contributed by atoms with van der Waals surface area (Å²) in [6.45, 7) is 7.54. The van der Waals surface area contributed by atoms with Crippen molar-refractivity contribution >= 4 is 22.9 Å². The average Bonchev–Trinajstić information content (AvgIpc) is 3.50. The molecule has 5 heteroatoms. The molecule has 0 spiro atoms. The number of aromatic nitrogens is 1. The lowest BCUT2D eigenvalue weighted by atomic mass is 10.1. The summed E-state index contributed by atoms with van der Waals surface area (Å²) in [4.78, 5) is 22.1. The van der Waals surface area contributed by atoms with Crippen LogP contribution in [0, 0.1) is 13.8 Å². The first-order chi connectivity index (χ1) is 14.6. The largest absolute Gasteiger partial charge is 0.368 e. The fourth-order valence-corrected chi connectivity index (χ4v) is 5.22. The number of aryl methyl sites for hydroxylation is 2. The topological polar surface area (TPSA) is 36.4 Å². The third-order valence-corrected chi connectivity index (χ3v) is 7.14. The molecule has 1 saturated carbocycles. The van der Waals surface area contributed by atoms with Crippen molar-refractivity contribution in [3.63, 3.8) is 0 Å². The quantitative estimate of drug-likeness (QED) is 0.580. The van der Waals surface area contributed by atoms with Gasteiger partial charge in [-0.05, 0) is 50.5 Å². The number of carbonyl (C=O) groups excluding carboxylic acids is 1. The van der Waals surface area contributed by atoms with E-state index in [-0.39, 0.29) is 5.91 Å². The number of amides is 1. The molecule has 3 aromatic rings. The van der Waals surface area contributed by atoms with Gasteiger partial charge >= 0.3 is 0 Å². The van der Waals surface area contributed by atoms with Crippen LogP contribution in [0.3, 0.4) is 0 Å². The van der Waals surface area contributed by atoms with Crippen molar-refractivity contribution in [1.82, 2.24) is 9.88 Å². The Kier molecular flexibility index (Phi) is 5.07. The van der Waals surface area contributed by atoms with Crippen LogP contribution in [0.15, 0.2) is 47.8 Å². The first-order valence-electron chi connectivity index (χ1n) is 10.8. The minimum absolute atomic E-state index is 0.124. The summed E-state index contributed by atoms with van der Waals surface area (Å²) < 4.78 is 0. The molecule has 1 saturated heterocycles. The van der Waals surface area contributed by atoms with Crippen LogP contribution in [0.1, 0.15) is 45.3 Å². The van der Waals surface area contributed by atoms with E-state index < -0.39 is 0 Å². The van der Waals surface area contributed by atoms with Crippen LogP contribution in [0.2, 0.25) is 0 Å². The molecule has 2 aromatic carbocycles. The molecule has 2 fully saturated rings. The van der Waals surface area contributed by atoms with E-state index in [4.69, 9.17) is 4.98 Å². The lowest BCUT2D eigenvalue weighted by molar-refractivity contribution is 0.0747. The minimum Gasteiger partial charge on any atom is -0.368 e. The number of benzene rings is 2. The van der Waals surface area contributed by atoms with E-state index in [1.54, 1.807) is 11.3 Å². The second-order valence-corrected chi connectivity index (χ2v) is 9.38. The molecule has 154 valence electrons. The minimum atomic E-state index is 0.124. The van der Waals surface area contributed by atoms with Crippen LogP contribution in [0.25, 0.3) is 11.3 Å². The maximum atomic E-state index is 13.0. The van der Waals surface area contributed by atoms with Gasteiger partial charge in [0.05, 0.1) is 10.7 Å². The Hall–Kier alpha value is -2.66. The lowest BCUT2D eigenvalue weighted by Gasteiger charge is -2.37. The van der Waals surface area contributed by atoms with E-state index in [1.165, 1.54) is 34.7 Å². The Morgan fingerprint density at radius 2 is 1.73 bits per heavy atom. The molecule has 1 aliphatic carbocycles. The van der Waals surface area contributed by atoms with Gasteiger partial charge in [-0.1, -0.05) is 29.8 Å². The summed E-state index contributed by atoms with van der Waals surface area (Å²) in [6, 6.07) is 14.6. The van der Waals surface area contributed by atoms with Gasteiger partial charge in [0, 0.05) is 54.3 Å². The Bertz CT molecular complexity index is 1060. The molecule has 30 heavy (non-hydrogen) atoms. The van der Waals surface area contributed by atoms with Crippen molar-refractivity contribution < 1.29 is 4.79 Å². The van der Waals surface area contributed by atoms with Crippen LogP contribution in [-0.2, 0) is 0 Å². The van der Waals surface area contributed by atoms with Crippen molar-refractivity contribution in [1.29, 1.82) is 0 Å². The van der Waals surface area contributed by atoms with E-state index in [1.807, 2.05) is 29.2 Å². The molecular weight excluding hydrogens is 390 g/mol. The highest BCUT2D eigenvalue weighted by molar-refractivity contribution is 7.10. The second-order valence-electron chi connectivity index (χ2n) is 8.49. The van der Waals surface area contributed by atoms with Gasteiger partial charge < -0.3 is 9.80 Å². The summed E-state index contributed by atoms with van der Waals surface area (Å²) in [5.74, 6) is 0.811. The van der Waals surface area contributed by atoms with Crippen LogP contribution < -0.4 is 4.90 Å². The zero-order valence-corrected chi connectivity index (χ0v) is 18.4. The van der Waals surface area contributed by atoms with Crippen LogP contribution in [0.4, 0.5) is 5.69 Å². The first-order valence-corrected chi connectivity index (χ1v) is 11.6. The summed E-state index contributed by atoms with van der Waals surface area (Å²) >= 11 is 1.76. The highest BCUT2D eigenvalue weighted by Crippen LogP contribution is 2.42. The van der Waals surface area contributed by atoms with E-state index in [0.717, 1.165) is 43.0 Å². The number of piperazine rings is 1. The number of nitrogens with zero attached hydrogens (tertiary/aromatic N) is 3. The summed E-state index contributed by atoms with van der Waals surface area (Å²) in [7, 11) is 0. The Morgan fingerprint density at radius 3 is 2.40 bits per heavy atom. The van der Waals surface area contributed by atoms with Gasteiger partial charge in [0.25, 0.3) is 5.91 Å². The molecule has 5 rings (SSSR count). The number of carbonyl (C=O) groups is 1. The van der Waals surface area contributed by atoms with Gasteiger partial charge in [0.2, 0.25) is 0 Å². The maximum Gasteiger partial charge on any atom is 0.253 e. The standard InChI is InChI=1S/C25H27N3OS/c1-17-3-10-23(18(2)15-17)27-11-13-28(14-12-27)25(29)21-8-4-19(5-9-21)22-16-30-24(26-22)20-6-7-20/h3-5,8-10,15-16,20H,6-7,11-14H2,1-2H3. The molecule has 0 radical (unpaired) electrons. The first kappa shape index (κ1) is 19.3. The van der Waals surface area contributed by atoms with Gasteiger partial charge in [-0.15, -0.1) is 11.3 Å². The Morgan fingerprint density at radius 1 is 1.00 bits per heavy atom. The molecule has 0 N–H and O–H groups in total. The molecule has 1 amide bonds. The molecule has 0 atom stereocenters. The second kappa shape index (κ2) is 7.88. The number of thiazole rings is 1. The monoisotopic (exact) mass is 417 g/mol. The average molecular weight is 418 g/mol. The predicted molar refractivity (Wildman–Crippen MR) is 124 cm³/mol. The zero-order chi connectivity index (χ0) is 20.7. The SMILES string of the molecule is Cc1ccc(N2CCN(C(=O)c3ccc(-c4csc(C5CC5)n4)cc3)CC2)c(C)c1. The van der Waals surface area contributed by atoms with Crippen molar-refractivity contribution in [2.75, 3.05) is 31.1 Å². The molecule has 2 heterocycles. The van der Waals surface area contributed by atoms with Crippen molar-refractivity contribution in [3.05, 3.63) is 69.5 Å². The van der Waals surface area contributed by atoms with E-state index >= 15 is 0 Å². The molecule has 1 aliphatic heterocycles. The summed E-state index contributed by atoms with van der Waals surface area (Å²) in [5.41, 5.74) is 6.76. The Balaban J connectivity index is 1.23. The van der Waals surface area contributed by atoms with Gasteiger partial charge in [-0.25, -0.2) is 4.98 Å².